The Morgan fingerprint density at radius 1 is 1.26 bits per heavy atom. The Hall–Kier alpha value is -1.81. The lowest BCUT2D eigenvalue weighted by Crippen LogP contribution is -2.44. The zero-order chi connectivity index (χ0) is 14.2. The van der Waals surface area contributed by atoms with Crippen molar-refractivity contribution in [1.82, 2.24) is 10.3 Å². The van der Waals surface area contributed by atoms with Gasteiger partial charge in [-0.3, -0.25) is 9.59 Å². The number of aromatic amines is 1. The van der Waals surface area contributed by atoms with Crippen molar-refractivity contribution in [2.45, 2.75) is 26.3 Å². The summed E-state index contributed by atoms with van der Waals surface area (Å²) in [5.41, 5.74) is 0.659. The molecule has 0 aliphatic carbocycles. The van der Waals surface area contributed by atoms with Gasteiger partial charge in [-0.25, -0.2) is 0 Å². The molecule has 2 aromatic rings. The molecular formula is C14H15ClN2O2. The van der Waals surface area contributed by atoms with E-state index in [1.54, 1.807) is 18.2 Å². The van der Waals surface area contributed by atoms with E-state index < -0.39 is 17.2 Å². The van der Waals surface area contributed by atoms with Gasteiger partial charge in [-0.1, -0.05) is 11.6 Å². The minimum atomic E-state index is -0.617. The van der Waals surface area contributed by atoms with Crippen molar-refractivity contribution in [2.75, 3.05) is 0 Å². The topological polar surface area (TPSA) is 62.0 Å². The Morgan fingerprint density at radius 2 is 1.95 bits per heavy atom. The maximum atomic E-state index is 12.1. The van der Waals surface area contributed by atoms with Crippen molar-refractivity contribution in [3.05, 3.63) is 35.0 Å². The second-order valence-electron chi connectivity index (χ2n) is 5.43. The standard InChI is InChI=1S/C14H15ClN2O2/c1-14(2,3)17-13(19)12(18)10-7-16-11-5-4-8(15)6-9(10)11/h4-7,16H,1-3H3,(H,17,19). The fourth-order valence-electron chi connectivity index (χ4n) is 1.80. The highest BCUT2D eigenvalue weighted by molar-refractivity contribution is 6.45. The number of rotatable bonds is 2. The maximum Gasteiger partial charge on any atom is 0.292 e. The molecule has 2 rings (SSSR count). The van der Waals surface area contributed by atoms with Gasteiger partial charge in [0.2, 0.25) is 0 Å². The highest BCUT2D eigenvalue weighted by Crippen LogP contribution is 2.22. The largest absolute Gasteiger partial charge is 0.360 e. The van der Waals surface area contributed by atoms with E-state index in [0.29, 0.717) is 16.0 Å². The number of halogens is 1. The third-order valence-electron chi connectivity index (χ3n) is 2.58. The van der Waals surface area contributed by atoms with E-state index in [1.165, 1.54) is 6.20 Å². The number of carbonyl (C=O) groups is 2. The first-order valence-electron chi connectivity index (χ1n) is 5.91. The second kappa shape index (κ2) is 4.70. The molecular weight excluding hydrogens is 264 g/mol. The normalized spacial score (nSPS) is 11.6. The minimum Gasteiger partial charge on any atom is -0.360 e. The highest BCUT2D eigenvalue weighted by atomic mass is 35.5. The Labute approximate surface area is 116 Å². The molecule has 0 fully saturated rings. The number of Topliss-reactive ketones (excluding diaryl/α,β-unsaturated/α-hetero) is 1. The Morgan fingerprint density at radius 3 is 2.58 bits per heavy atom. The number of aromatic nitrogens is 1. The van der Waals surface area contributed by atoms with Gasteiger partial charge in [-0.05, 0) is 39.0 Å². The lowest BCUT2D eigenvalue weighted by molar-refractivity contribution is -0.118. The third-order valence-corrected chi connectivity index (χ3v) is 2.82. The molecule has 1 amide bonds. The lowest BCUT2D eigenvalue weighted by atomic mass is 10.1. The number of fused-ring (bicyclic) bond motifs is 1. The van der Waals surface area contributed by atoms with Crippen LogP contribution in [-0.2, 0) is 4.79 Å². The highest BCUT2D eigenvalue weighted by Gasteiger charge is 2.23. The van der Waals surface area contributed by atoms with E-state index in [1.807, 2.05) is 20.8 Å². The molecule has 0 aliphatic heterocycles. The summed E-state index contributed by atoms with van der Waals surface area (Å²) in [7, 11) is 0. The summed E-state index contributed by atoms with van der Waals surface area (Å²) >= 11 is 5.91. The molecule has 100 valence electrons. The van der Waals surface area contributed by atoms with Crippen molar-refractivity contribution >= 4 is 34.2 Å². The number of hydrogen-bond acceptors (Lipinski definition) is 2. The van der Waals surface area contributed by atoms with Gasteiger partial charge in [0, 0.05) is 27.7 Å². The molecule has 0 aliphatic rings. The Bertz CT molecular complexity index is 653. The molecule has 1 heterocycles. The molecule has 5 heteroatoms. The van der Waals surface area contributed by atoms with E-state index in [4.69, 9.17) is 11.6 Å². The van der Waals surface area contributed by atoms with Crippen molar-refractivity contribution in [1.29, 1.82) is 0 Å². The van der Waals surface area contributed by atoms with Crippen LogP contribution in [0.1, 0.15) is 31.1 Å². The Kier molecular flexibility index (Phi) is 3.37. The van der Waals surface area contributed by atoms with Crippen LogP contribution in [0.15, 0.2) is 24.4 Å². The van der Waals surface area contributed by atoms with E-state index in [0.717, 1.165) is 5.52 Å². The number of nitrogens with one attached hydrogen (secondary N) is 2. The predicted molar refractivity (Wildman–Crippen MR) is 75.5 cm³/mol. The first kappa shape index (κ1) is 13.6. The fourth-order valence-corrected chi connectivity index (χ4v) is 1.97. The molecule has 0 bridgehead atoms. The average Bonchev–Trinajstić information content (AvgIpc) is 2.68. The Balaban J connectivity index is 2.37. The molecule has 1 aromatic heterocycles. The van der Waals surface area contributed by atoms with Crippen LogP contribution >= 0.6 is 11.6 Å². The van der Waals surface area contributed by atoms with Crippen LogP contribution in [0.3, 0.4) is 0 Å². The first-order valence-corrected chi connectivity index (χ1v) is 6.29. The smallest absolute Gasteiger partial charge is 0.292 e. The zero-order valence-electron chi connectivity index (χ0n) is 11.0. The van der Waals surface area contributed by atoms with Crippen LogP contribution in [-0.4, -0.2) is 22.2 Å². The first-order chi connectivity index (χ1) is 8.78. The average molecular weight is 279 g/mol. The number of carbonyl (C=O) groups excluding carboxylic acids is 2. The second-order valence-corrected chi connectivity index (χ2v) is 5.86. The lowest BCUT2D eigenvalue weighted by Gasteiger charge is -2.19. The molecule has 2 N–H and O–H groups in total. The number of H-pyrrole nitrogens is 1. The molecule has 1 aromatic carbocycles. The fraction of sp³-hybridized carbons (Fsp3) is 0.286. The van der Waals surface area contributed by atoms with E-state index in [-0.39, 0.29) is 0 Å². The van der Waals surface area contributed by atoms with Crippen molar-refractivity contribution in [3.63, 3.8) is 0 Å². The van der Waals surface area contributed by atoms with Crippen LogP contribution in [0, 0.1) is 0 Å². The van der Waals surface area contributed by atoms with Crippen LogP contribution < -0.4 is 5.32 Å². The van der Waals surface area contributed by atoms with Crippen LogP contribution in [0.5, 0.6) is 0 Å². The number of ketones is 1. The minimum absolute atomic E-state index is 0.333. The molecule has 0 spiro atoms. The summed E-state index contributed by atoms with van der Waals surface area (Å²) in [6.07, 6.45) is 1.53. The molecule has 0 saturated heterocycles. The van der Waals surface area contributed by atoms with E-state index >= 15 is 0 Å². The summed E-state index contributed by atoms with van der Waals surface area (Å²) in [5, 5.41) is 3.83. The molecule has 0 unspecified atom stereocenters. The quantitative estimate of drug-likeness (QED) is 0.655. The number of hydrogen-bond donors (Lipinski definition) is 2. The summed E-state index contributed by atoms with van der Waals surface area (Å²) in [4.78, 5) is 27.0. The molecule has 0 radical (unpaired) electrons. The molecule has 0 atom stereocenters. The van der Waals surface area contributed by atoms with Gasteiger partial charge >= 0.3 is 0 Å². The molecule has 4 nitrogen and oxygen atoms in total. The summed E-state index contributed by atoms with van der Waals surface area (Å²) in [6.45, 7) is 5.47. The van der Waals surface area contributed by atoms with E-state index in [9.17, 15) is 9.59 Å². The zero-order valence-corrected chi connectivity index (χ0v) is 11.8. The van der Waals surface area contributed by atoms with Crippen LogP contribution in [0.4, 0.5) is 0 Å². The van der Waals surface area contributed by atoms with Crippen molar-refractivity contribution in [3.8, 4) is 0 Å². The molecule has 0 saturated carbocycles. The SMILES string of the molecule is CC(C)(C)NC(=O)C(=O)c1c[nH]c2ccc(Cl)cc12. The van der Waals surface area contributed by atoms with Gasteiger partial charge in [0.25, 0.3) is 11.7 Å². The monoisotopic (exact) mass is 278 g/mol. The van der Waals surface area contributed by atoms with Crippen molar-refractivity contribution in [2.24, 2.45) is 0 Å². The molecule has 19 heavy (non-hydrogen) atoms. The van der Waals surface area contributed by atoms with Gasteiger partial charge in [-0.2, -0.15) is 0 Å². The number of benzene rings is 1. The maximum absolute atomic E-state index is 12.1. The summed E-state index contributed by atoms with van der Waals surface area (Å²) in [5.74, 6) is -1.18. The van der Waals surface area contributed by atoms with Crippen LogP contribution in [0.25, 0.3) is 10.9 Å². The van der Waals surface area contributed by atoms with Gasteiger partial charge in [0.15, 0.2) is 0 Å². The van der Waals surface area contributed by atoms with Crippen molar-refractivity contribution < 1.29 is 9.59 Å². The van der Waals surface area contributed by atoms with Gasteiger partial charge < -0.3 is 10.3 Å². The number of amides is 1. The third kappa shape index (κ3) is 2.96. The van der Waals surface area contributed by atoms with Gasteiger partial charge in [0.1, 0.15) is 0 Å². The van der Waals surface area contributed by atoms with Crippen LogP contribution in [0.2, 0.25) is 5.02 Å². The van der Waals surface area contributed by atoms with Gasteiger partial charge in [-0.15, -0.1) is 0 Å². The van der Waals surface area contributed by atoms with E-state index in [2.05, 4.69) is 10.3 Å². The predicted octanol–water partition coefficient (Wildman–Crippen LogP) is 2.92. The summed E-state index contributed by atoms with van der Waals surface area (Å²) < 4.78 is 0. The summed E-state index contributed by atoms with van der Waals surface area (Å²) in [6, 6.07) is 5.17. The van der Waals surface area contributed by atoms with Gasteiger partial charge in [0.05, 0.1) is 5.56 Å².